The van der Waals surface area contributed by atoms with Crippen LogP contribution in [0.2, 0.25) is 0 Å². The number of ether oxygens (including phenoxy) is 4. The summed E-state index contributed by atoms with van der Waals surface area (Å²) in [6.45, 7) is 0.892. The third kappa shape index (κ3) is 10.9. The molecule has 246 valence electrons. The second-order valence-electron chi connectivity index (χ2n) is 10.5. The number of carbonyl (C=O) groups excluding carboxylic acids is 3. The summed E-state index contributed by atoms with van der Waals surface area (Å²) in [5, 5.41) is 19.3. The number of benzene rings is 4. The van der Waals surface area contributed by atoms with Gasteiger partial charge in [0.05, 0.1) is 14.2 Å². The molecule has 4 rings (SSSR count). The molecule has 0 saturated carbocycles. The molecule has 2 atom stereocenters. The standard InChI is InChI=1S/C36H39N3O8/c1-44-35(42)38-28-17-13-25(14-18-28)32(26-15-19-29(20-16-26)39-36(43)45-2)21-22-37-23-31(24-46-30-11-7-4-8-12-30)47-34(41)33(40)27-9-5-3-6-10-27/h3-20,31-33,37,40H,21-24H2,1-2H3,(H,38,42)(H,39,43)/t31-,33-/m0/s1. The quantitative estimate of drug-likeness (QED) is 0.0711. The highest BCUT2D eigenvalue weighted by molar-refractivity contribution is 5.85. The van der Waals surface area contributed by atoms with Crippen molar-refractivity contribution >= 4 is 29.5 Å². The molecule has 0 aliphatic carbocycles. The molecule has 4 aromatic carbocycles. The van der Waals surface area contributed by atoms with Crippen LogP contribution in [0.25, 0.3) is 0 Å². The highest BCUT2D eigenvalue weighted by Gasteiger charge is 2.24. The zero-order valence-electron chi connectivity index (χ0n) is 26.3. The Hall–Kier alpha value is -5.39. The smallest absolute Gasteiger partial charge is 0.411 e. The summed E-state index contributed by atoms with van der Waals surface area (Å²) in [6, 6.07) is 32.7. The predicted molar refractivity (Wildman–Crippen MR) is 177 cm³/mol. The molecule has 0 heterocycles. The Morgan fingerprint density at radius 3 is 1.70 bits per heavy atom. The minimum Gasteiger partial charge on any atom is -0.490 e. The highest BCUT2D eigenvalue weighted by Crippen LogP contribution is 2.30. The van der Waals surface area contributed by atoms with Crippen molar-refractivity contribution in [2.75, 3.05) is 44.5 Å². The molecule has 0 saturated heterocycles. The number of methoxy groups -OCH3 is 2. The number of amides is 2. The van der Waals surface area contributed by atoms with Gasteiger partial charge < -0.3 is 29.4 Å². The van der Waals surface area contributed by atoms with Crippen LogP contribution in [0.15, 0.2) is 109 Å². The van der Waals surface area contributed by atoms with Gasteiger partial charge in [-0.15, -0.1) is 0 Å². The predicted octanol–water partition coefficient (Wildman–Crippen LogP) is 5.88. The van der Waals surface area contributed by atoms with Crippen LogP contribution >= 0.6 is 0 Å². The van der Waals surface area contributed by atoms with Gasteiger partial charge in [0.1, 0.15) is 18.5 Å². The van der Waals surface area contributed by atoms with E-state index in [1.165, 1.54) is 14.2 Å². The van der Waals surface area contributed by atoms with E-state index in [4.69, 9.17) is 9.47 Å². The van der Waals surface area contributed by atoms with Gasteiger partial charge in [-0.25, -0.2) is 14.4 Å². The molecule has 0 aliphatic heterocycles. The summed E-state index contributed by atoms with van der Waals surface area (Å²) >= 11 is 0. The van der Waals surface area contributed by atoms with Gasteiger partial charge >= 0.3 is 18.2 Å². The Labute approximate surface area is 273 Å². The number of hydrogen-bond acceptors (Lipinski definition) is 9. The Morgan fingerprint density at radius 2 is 1.19 bits per heavy atom. The fourth-order valence-electron chi connectivity index (χ4n) is 4.81. The minimum atomic E-state index is -1.42. The summed E-state index contributed by atoms with van der Waals surface area (Å²) in [7, 11) is 2.60. The van der Waals surface area contributed by atoms with E-state index < -0.39 is 30.4 Å². The number of esters is 1. The summed E-state index contributed by atoms with van der Waals surface area (Å²) in [6.07, 6.45) is -2.58. The largest absolute Gasteiger partial charge is 0.490 e. The van der Waals surface area contributed by atoms with Crippen LogP contribution in [0.5, 0.6) is 5.75 Å². The van der Waals surface area contributed by atoms with E-state index in [-0.39, 0.29) is 19.1 Å². The molecule has 0 unspecified atom stereocenters. The number of para-hydroxylation sites is 1. The number of rotatable bonds is 15. The first-order chi connectivity index (χ1) is 22.9. The van der Waals surface area contributed by atoms with E-state index >= 15 is 0 Å². The first kappa shape index (κ1) is 34.5. The lowest BCUT2D eigenvalue weighted by Crippen LogP contribution is -2.37. The van der Waals surface area contributed by atoms with E-state index in [1.54, 1.807) is 54.6 Å². The van der Waals surface area contributed by atoms with Gasteiger partial charge in [-0.05, 0) is 66.1 Å². The molecule has 11 nitrogen and oxygen atoms in total. The van der Waals surface area contributed by atoms with Gasteiger partial charge in [0, 0.05) is 23.8 Å². The van der Waals surface area contributed by atoms with Crippen LogP contribution in [0.3, 0.4) is 0 Å². The van der Waals surface area contributed by atoms with Crippen molar-refractivity contribution in [2.24, 2.45) is 0 Å². The maximum Gasteiger partial charge on any atom is 0.411 e. The Bertz CT molecular complexity index is 1490. The van der Waals surface area contributed by atoms with E-state index in [2.05, 4.69) is 25.4 Å². The van der Waals surface area contributed by atoms with E-state index in [1.807, 2.05) is 54.6 Å². The lowest BCUT2D eigenvalue weighted by molar-refractivity contribution is -0.160. The normalized spacial score (nSPS) is 12.0. The van der Waals surface area contributed by atoms with Crippen LogP contribution in [-0.2, 0) is 19.0 Å². The summed E-state index contributed by atoms with van der Waals surface area (Å²) < 4.78 is 21.0. The maximum absolute atomic E-state index is 12.9. The zero-order valence-corrected chi connectivity index (χ0v) is 26.3. The molecule has 4 aromatic rings. The molecular formula is C36H39N3O8. The van der Waals surface area contributed by atoms with Crippen molar-refractivity contribution in [2.45, 2.75) is 24.5 Å². The molecule has 0 aromatic heterocycles. The van der Waals surface area contributed by atoms with Crippen molar-refractivity contribution in [1.82, 2.24) is 5.32 Å². The molecule has 2 amide bonds. The lowest BCUT2D eigenvalue weighted by Gasteiger charge is -2.23. The molecule has 0 radical (unpaired) electrons. The average molecular weight is 642 g/mol. The van der Waals surface area contributed by atoms with Crippen LogP contribution < -0.4 is 20.7 Å². The van der Waals surface area contributed by atoms with Crippen molar-refractivity contribution in [3.8, 4) is 5.75 Å². The molecule has 47 heavy (non-hydrogen) atoms. The molecule has 0 bridgehead atoms. The number of anilines is 2. The number of carbonyl (C=O) groups is 3. The summed E-state index contributed by atoms with van der Waals surface area (Å²) in [4.78, 5) is 36.2. The third-order valence-electron chi connectivity index (χ3n) is 7.27. The van der Waals surface area contributed by atoms with Gasteiger partial charge in [0.25, 0.3) is 0 Å². The van der Waals surface area contributed by atoms with Gasteiger partial charge in [-0.1, -0.05) is 72.8 Å². The fourth-order valence-corrected chi connectivity index (χ4v) is 4.81. The first-order valence-electron chi connectivity index (χ1n) is 15.1. The van der Waals surface area contributed by atoms with Crippen molar-refractivity contribution in [3.05, 3.63) is 126 Å². The zero-order chi connectivity index (χ0) is 33.4. The van der Waals surface area contributed by atoms with Crippen molar-refractivity contribution < 1.29 is 38.4 Å². The average Bonchev–Trinajstić information content (AvgIpc) is 3.11. The molecular weight excluding hydrogens is 602 g/mol. The van der Waals surface area contributed by atoms with Crippen LogP contribution in [-0.4, -0.2) is 63.3 Å². The maximum atomic E-state index is 12.9. The molecule has 0 fully saturated rings. The molecule has 0 aliphatic rings. The molecule has 4 N–H and O–H groups in total. The van der Waals surface area contributed by atoms with Crippen molar-refractivity contribution in [1.29, 1.82) is 0 Å². The molecule has 11 heteroatoms. The van der Waals surface area contributed by atoms with E-state index in [9.17, 15) is 19.5 Å². The first-order valence-corrected chi connectivity index (χ1v) is 15.1. The number of aliphatic hydroxyl groups excluding tert-OH is 1. The lowest BCUT2D eigenvalue weighted by atomic mass is 9.88. The highest BCUT2D eigenvalue weighted by atomic mass is 16.6. The fraction of sp³-hybridized carbons (Fsp3) is 0.250. The summed E-state index contributed by atoms with van der Waals surface area (Å²) in [5.41, 5.74) is 3.62. The number of hydrogen-bond donors (Lipinski definition) is 4. The number of nitrogens with one attached hydrogen (secondary N) is 3. The van der Waals surface area contributed by atoms with Gasteiger partial charge in [0.2, 0.25) is 0 Å². The van der Waals surface area contributed by atoms with Crippen LogP contribution in [0.1, 0.15) is 35.1 Å². The second-order valence-corrected chi connectivity index (χ2v) is 10.5. The number of aliphatic hydroxyl groups is 1. The Morgan fingerprint density at radius 1 is 0.681 bits per heavy atom. The second kappa shape index (κ2) is 17.9. The third-order valence-corrected chi connectivity index (χ3v) is 7.27. The SMILES string of the molecule is COC(=O)Nc1ccc(C(CCNC[C@@H](COc2ccccc2)OC(=O)[C@@H](O)c2ccccc2)c2ccc(NC(=O)OC)cc2)cc1. The van der Waals surface area contributed by atoms with Crippen molar-refractivity contribution in [3.63, 3.8) is 0 Å². The molecule has 0 spiro atoms. The van der Waals surface area contributed by atoms with Gasteiger partial charge in [-0.2, -0.15) is 0 Å². The van der Waals surface area contributed by atoms with E-state index in [0.29, 0.717) is 35.7 Å². The van der Waals surface area contributed by atoms with Gasteiger partial charge in [-0.3, -0.25) is 10.6 Å². The van der Waals surface area contributed by atoms with Gasteiger partial charge in [0.15, 0.2) is 6.10 Å². The monoisotopic (exact) mass is 641 g/mol. The van der Waals surface area contributed by atoms with Crippen LogP contribution in [0.4, 0.5) is 21.0 Å². The topological polar surface area (TPSA) is 144 Å². The minimum absolute atomic E-state index is 0.0664. The summed E-state index contributed by atoms with van der Waals surface area (Å²) in [5.74, 6) is -0.199. The van der Waals surface area contributed by atoms with E-state index in [0.717, 1.165) is 11.1 Å². The Balaban J connectivity index is 1.44. The Kier molecular flexibility index (Phi) is 13.2. The van der Waals surface area contributed by atoms with Crippen LogP contribution in [0, 0.1) is 0 Å².